The van der Waals surface area contributed by atoms with Crippen molar-refractivity contribution in [2.45, 2.75) is 71.1 Å². The van der Waals surface area contributed by atoms with Gasteiger partial charge in [-0.1, -0.05) is 45.7 Å². The Balaban J connectivity index is 1.85. The third-order valence-corrected chi connectivity index (χ3v) is 6.17. The number of fused-ring (bicyclic) bond motifs is 1. The molecule has 1 aromatic carbocycles. The summed E-state index contributed by atoms with van der Waals surface area (Å²) in [5.41, 5.74) is 0.336. The molecule has 0 radical (unpaired) electrons. The summed E-state index contributed by atoms with van der Waals surface area (Å²) in [4.78, 5) is 25.9. The lowest BCUT2D eigenvalue weighted by Gasteiger charge is -2.41. The number of para-hydroxylation sites is 2. The van der Waals surface area contributed by atoms with E-state index in [1.165, 1.54) is 12.1 Å². The minimum Gasteiger partial charge on any atom is -0.324 e. The van der Waals surface area contributed by atoms with E-state index in [1.54, 1.807) is 12.1 Å². The molecule has 2 aliphatic rings. The Labute approximate surface area is 175 Å². The number of carbonyl (C=O) groups excluding carboxylic acids is 2. The number of halogens is 3. The minimum atomic E-state index is -4.72. The zero-order valence-electron chi connectivity index (χ0n) is 17.7. The quantitative estimate of drug-likeness (QED) is 0.750. The van der Waals surface area contributed by atoms with E-state index in [0.717, 1.165) is 30.6 Å². The van der Waals surface area contributed by atoms with Crippen LogP contribution in [-0.4, -0.2) is 36.6 Å². The molecule has 1 aliphatic carbocycles. The first kappa shape index (κ1) is 22.6. The van der Waals surface area contributed by atoms with Crippen LogP contribution in [0.25, 0.3) is 0 Å². The van der Waals surface area contributed by atoms with Gasteiger partial charge in [-0.15, -0.1) is 0 Å². The molecule has 3 unspecified atom stereocenters. The third kappa shape index (κ3) is 4.96. The van der Waals surface area contributed by atoms with E-state index in [-0.39, 0.29) is 29.4 Å². The van der Waals surface area contributed by atoms with Gasteiger partial charge in [0.1, 0.15) is 6.04 Å². The van der Waals surface area contributed by atoms with Gasteiger partial charge in [-0.25, -0.2) is 0 Å². The molecule has 2 amide bonds. The van der Waals surface area contributed by atoms with E-state index in [0.29, 0.717) is 5.92 Å². The molecule has 0 spiro atoms. The van der Waals surface area contributed by atoms with Gasteiger partial charge in [0.25, 0.3) is 0 Å². The van der Waals surface area contributed by atoms with E-state index in [2.05, 4.69) is 31.4 Å². The predicted molar refractivity (Wildman–Crippen MR) is 110 cm³/mol. The smallest absolute Gasteiger partial charge is 0.324 e. The summed E-state index contributed by atoms with van der Waals surface area (Å²) in [6.45, 7) is 6.26. The Hall–Kier alpha value is -2.09. The molecule has 1 saturated carbocycles. The number of rotatable bonds is 3. The average Bonchev–Trinajstić information content (AvgIpc) is 2.81. The lowest BCUT2D eigenvalue weighted by Crippen LogP contribution is -2.54. The van der Waals surface area contributed by atoms with Crippen molar-refractivity contribution in [1.29, 1.82) is 0 Å². The molecule has 3 atom stereocenters. The fourth-order valence-electron chi connectivity index (χ4n) is 4.71. The number of hydrogen-bond acceptors (Lipinski definition) is 3. The van der Waals surface area contributed by atoms with Gasteiger partial charge in [0.2, 0.25) is 11.8 Å². The molecular formula is C22H30F3N3O2. The van der Waals surface area contributed by atoms with Crippen LogP contribution >= 0.6 is 0 Å². The van der Waals surface area contributed by atoms with Crippen LogP contribution in [0.15, 0.2) is 24.3 Å². The lowest BCUT2D eigenvalue weighted by molar-refractivity contribution is -0.157. The normalized spacial score (nSPS) is 25.3. The standard InChI is InChI=1S/C22H30F3N3O2/c1-21(2,3)14-8-4-5-9-15(14)26-13-20(30)28-17-11-7-6-10-16(17)27-19(29)12-18(28)22(23,24)25/h6-7,10-11,14-15,18,26H,4-5,8-9,12-13H2,1-3H3,(H,27,29). The first-order valence-electron chi connectivity index (χ1n) is 10.5. The maximum Gasteiger partial charge on any atom is 0.409 e. The highest BCUT2D eigenvalue weighted by Crippen LogP contribution is 2.39. The predicted octanol–water partition coefficient (Wildman–Crippen LogP) is 4.49. The molecule has 3 rings (SSSR count). The van der Waals surface area contributed by atoms with Crippen LogP contribution in [0.3, 0.4) is 0 Å². The summed E-state index contributed by atoms with van der Waals surface area (Å²) >= 11 is 0. The molecule has 30 heavy (non-hydrogen) atoms. The van der Waals surface area contributed by atoms with Crippen molar-refractivity contribution in [2.75, 3.05) is 16.8 Å². The minimum absolute atomic E-state index is 0.0428. The number of amides is 2. The Morgan fingerprint density at radius 3 is 2.50 bits per heavy atom. The van der Waals surface area contributed by atoms with Gasteiger partial charge in [-0.3, -0.25) is 14.5 Å². The molecule has 1 fully saturated rings. The van der Waals surface area contributed by atoms with E-state index in [4.69, 9.17) is 0 Å². The number of benzene rings is 1. The molecule has 166 valence electrons. The maximum atomic E-state index is 13.8. The summed E-state index contributed by atoms with van der Waals surface area (Å²) in [5.74, 6) is -1.09. The van der Waals surface area contributed by atoms with E-state index in [1.807, 2.05) is 0 Å². The van der Waals surface area contributed by atoms with Crippen molar-refractivity contribution < 1.29 is 22.8 Å². The summed E-state index contributed by atoms with van der Waals surface area (Å²) < 4.78 is 41.5. The monoisotopic (exact) mass is 425 g/mol. The SMILES string of the molecule is CC(C)(C)C1CCCCC1NCC(=O)N1c2ccccc2NC(=O)CC1C(F)(F)F. The molecule has 0 saturated heterocycles. The Bertz CT molecular complexity index is 789. The van der Waals surface area contributed by atoms with E-state index in [9.17, 15) is 22.8 Å². The molecule has 0 bridgehead atoms. The van der Waals surface area contributed by atoms with Crippen LogP contribution in [0, 0.1) is 11.3 Å². The highest BCUT2D eigenvalue weighted by atomic mass is 19.4. The fourth-order valence-corrected chi connectivity index (χ4v) is 4.71. The van der Waals surface area contributed by atoms with Crippen molar-refractivity contribution in [3.8, 4) is 0 Å². The van der Waals surface area contributed by atoms with Crippen LogP contribution in [-0.2, 0) is 9.59 Å². The van der Waals surface area contributed by atoms with Crippen molar-refractivity contribution in [3.63, 3.8) is 0 Å². The van der Waals surface area contributed by atoms with Gasteiger partial charge < -0.3 is 10.6 Å². The van der Waals surface area contributed by atoms with E-state index >= 15 is 0 Å². The first-order chi connectivity index (χ1) is 14.0. The van der Waals surface area contributed by atoms with Gasteiger partial charge in [0, 0.05) is 6.04 Å². The van der Waals surface area contributed by atoms with Crippen molar-refractivity contribution >= 4 is 23.2 Å². The number of carbonyl (C=O) groups is 2. The number of nitrogens with one attached hydrogen (secondary N) is 2. The summed E-state index contributed by atoms with van der Waals surface area (Å²) in [7, 11) is 0. The van der Waals surface area contributed by atoms with Crippen molar-refractivity contribution in [1.82, 2.24) is 5.32 Å². The molecule has 5 nitrogen and oxygen atoms in total. The number of alkyl halides is 3. The van der Waals surface area contributed by atoms with Gasteiger partial charge in [-0.05, 0) is 36.3 Å². The molecule has 1 aliphatic heterocycles. The molecule has 0 aromatic heterocycles. The highest BCUT2D eigenvalue weighted by molar-refractivity contribution is 6.05. The van der Waals surface area contributed by atoms with Gasteiger partial charge >= 0.3 is 6.18 Å². The van der Waals surface area contributed by atoms with Crippen molar-refractivity contribution in [2.24, 2.45) is 11.3 Å². The fraction of sp³-hybridized carbons (Fsp3) is 0.636. The van der Waals surface area contributed by atoms with Crippen LogP contribution in [0.4, 0.5) is 24.5 Å². The molecule has 2 N–H and O–H groups in total. The third-order valence-electron chi connectivity index (χ3n) is 6.17. The highest BCUT2D eigenvalue weighted by Gasteiger charge is 2.49. The summed E-state index contributed by atoms with van der Waals surface area (Å²) in [6, 6.07) is 4.01. The Morgan fingerprint density at radius 1 is 1.17 bits per heavy atom. The largest absolute Gasteiger partial charge is 0.409 e. The van der Waals surface area contributed by atoms with Crippen LogP contribution in [0.2, 0.25) is 0 Å². The zero-order chi connectivity index (χ0) is 22.1. The molecule has 8 heteroatoms. The summed E-state index contributed by atoms with van der Waals surface area (Å²) in [5, 5.41) is 5.73. The maximum absolute atomic E-state index is 13.8. The van der Waals surface area contributed by atoms with Crippen LogP contribution in [0.5, 0.6) is 0 Å². The summed E-state index contributed by atoms with van der Waals surface area (Å²) in [6.07, 6.45) is -1.45. The number of anilines is 2. The Kier molecular flexibility index (Phi) is 6.45. The first-order valence-corrected chi connectivity index (χ1v) is 10.5. The van der Waals surface area contributed by atoms with Gasteiger partial charge in [0.15, 0.2) is 0 Å². The topological polar surface area (TPSA) is 61.4 Å². The second-order valence-electron chi connectivity index (χ2n) is 9.33. The Morgan fingerprint density at radius 2 is 1.83 bits per heavy atom. The second-order valence-corrected chi connectivity index (χ2v) is 9.33. The molecule has 1 heterocycles. The van der Waals surface area contributed by atoms with Gasteiger partial charge in [-0.2, -0.15) is 13.2 Å². The van der Waals surface area contributed by atoms with Gasteiger partial charge in [0.05, 0.1) is 24.3 Å². The molecule has 1 aromatic rings. The number of nitrogens with zero attached hydrogens (tertiary/aromatic N) is 1. The van der Waals surface area contributed by atoms with Crippen LogP contribution < -0.4 is 15.5 Å². The molecular weight excluding hydrogens is 395 g/mol. The zero-order valence-corrected chi connectivity index (χ0v) is 17.7. The average molecular weight is 425 g/mol. The lowest BCUT2D eigenvalue weighted by atomic mass is 9.69. The van der Waals surface area contributed by atoms with Crippen molar-refractivity contribution in [3.05, 3.63) is 24.3 Å². The van der Waals surface area contributed by atoms with E-state index < -0.39 is 30.5 Å². The van der Waals surface area contributed by atoms with Crippen LogP contribution in [0.1, 0.15) is 52.9 Å². The number of hydrogen-bond donors (Lipinski definition) is 2. The second kappa shape index (κ2) is 8.57.